The standard InChI is InChI=1S/C14H27N3O3/c1-4-16(5-2)14(19)12-7-6-8-17(12)13(18)9-11(10-15)20-3/h11-12H,4-10,15H2,1-3H3. The minimum Gasteiger partial charge on any atom is -0.380 e. The molecule has 0 aliphatic carbocycles. The molecule has 1 saturated heterocycles. The molecular weight excluding hydrogens is 258 g/mol. The molecule has 1 aliphatic rings. The molecule has 2 N–H and O–H groups in total. The van der Waals surface area contributed by atoms with Gasteiger partial charge in [0.1, 0.15) is 6.04 Å². The number of rotatable bonds is 7. The lowest BCUT2D eigenvalue weighted by molar-refractivity contribution is -0.144. The molecule has 0 aromatic carbocycles. The van der Waals surface area contributed by atoms with E-state index in [0.29, 0.717) is 26.2 Å². The Labute approximate surface area is 121 Å². The smallest absolute Gasteiger partial charge is 0.245 e. The van der Waals surface area contributed by atoms with E-state index in [-0.39, 0.29) is 30.4 Å². The van der Waals surface area contributed by atoms with Gasteiger partial charge in [-0.15, -0.1) is 0 Å². The first-order chi connectivity index (χ1) is 9.58. The summed E-state index contributed by atoms with van der Waals surface area (Å²) in [6, 6.07) is -0.308. The highest BCUT2D eigenvalue weighted by atomic mass is 16.5. The number of likely N-dealkylation sites (tertiary alicyclic amines) is 1. The molecule has 0 aromatic rings. The molecule has 6 heteroatoms. The summed E-state index contributed by atoms with van der Waals surface area (Å²) in [5, 5.41) is 0. The van der Waals surface area contributed by atoms with Gasteiger partial charge in [0.05, 0.1) is 12.5 Å². The zero-order chi connectivity index (χ0) is 15.1. The largest absolute Gasteiger partial charge is 0.380 e. The third-order valence-electron chi connectivity index (χ3n) is 3.93. The van der Waals surface area contributed by atoms with E-state index in [1.165, 1.54) is 0 Å². The predicted molar refractivity (Wildman–Crippen MR) is 77.1 cm³/mol. The highest BCUT2D eigenvalue weighted by Crippen LogP contribution is 2.21. The Bertz CT molecular complexity index is 328. The topological polar surface area (TPSA) is 75.9 Å². The fourth-order valence-corrected chi connectivity index (χ4v) is 2.64. The third kappa shape index (κ3) is 3.93. The lowest BCUT2D eigenvalue weighted by atomic mass is 10.1. The number of likely N-dealkylation sites (N-methyl/N-ethyl adjacent to an activating group) is 1. The van der Waals surface area contributed by atoms with E-state index >= 15 is 0 Å². The number of ether oxygens (including phenoxy) is 1. The van der Waals surface area contributed by atoms with Crippen LogP contribution in [0.5, 0.6) is 0 Å². The first-order valence-corrected chi connectivity index (χ1v) is 7.40. The number of carbonyl (C=O) groups excluding carboxylic acids is 2. The average molecular weight is 285 g/mol. The van der Waals surface area contributed by atoms with Crippen LogP contribution in [-0.4, -0.2) is 67.0 Å². The number of hydrogen-bond donors (Lipinski definition) is 1. The Morgan fingerprint density at radius 1 is 1.40 bits per heavy atom. The lowest BCUT2D eigenvalue weighted by Crippen LogP contribution is -2.48. The van der Waals surface area contributed by atoms with Crippen LogP contribution in [0.15, 0.2) is 0 Å². The van der Waals surface area contributed by atoms with E-state index in [2.05, 4.69) is 0 Å². The molecule has 0 aromatic heterocycles. The molecule has 0 radical (unpaired) electrons. The van der Waals surface area contributed by atoms with Crippen LogP contribution in [0.3, 0.4) is 0 Å². The monoisotopic (exact) mass is 285 g/mol. The van der Waals surface area contributed by atoms with Crippen LogP contribution in [0.4, 0.5) is 0 Å². The second kappa shape index (κ2) is 8.21. The normalized spacial score (nSPS) is 20.0. The van der Waals surface area contributed by atoms with Crippen LogP contribution in [0.1, 0.15) is 33.1 Å². The summed E-state index contributed by atoms with van der Waals surface area (Å²) < 4.78 is 5.15. The molecule has 116 valence electrons. The second-order valence-corrected chi connectivity index (χ2v) is 5.05. The Morgan fingerprint density at radius 2 is 2.05 bits per heavy atom. The molecule has 0 bridgehead atoms. The zero-order valence-electron chi connectivity index (χ0n) is 12.8. The third-order valence-corrected chi connectivity index (χ3v) is 3.93. The molecule has 2 unspecified atom stereocenters. The van der Waals surface area contributed by atoms with Crippen molar-refractivity contribution < 1.29 is 14.3 Å². The van der Waals surface area contributed by atoms with Gasteiger partial charge in [-0.3, -0.25) is 9.59 Å². The van der Waals surface area contributed by atoms with Gasteiger partial charge in [-0.2, -0.15) is 0 Å². The number of hydrogen-bond acceptors (Lipinski definition) is 4. The minimum atomic E-state index is -0.308. The molecular formula is C14H27N3O3. The van der Waals surface area contributed by atoms with Gasteiger partial charge in [-0.1, -0.05) is 0 Å². The molecule has 1 rings (SSSR count). The molecule has 6 nitrogen and oxygen atoms in total. The van der Waals surface area contributed by atoms with Crippen molar-refractivity contribution in [2.45, 2.75) is 45.3 Å². The summed E-state index contributed by atoms with van der Waals surface area (Å²) in [5.74, 6) is 0.0212. The molecule has 1 heterocycles. The maximum Gasteiger partial charge on any atom is 0.245 e. The summed E-state index contributed by atoms with van der Waals surface area (Å²) in [7, 11) is 1.55. The minimum absolute atomic E-state index is 0.0368. The molecule has 1 fully saturated rings. The van der Waals surface area contributed by atoms with Crippen molar-refractivity contribution in [1.29, 1.82) is 0 Å². The Morgan fingerprint density at radius 3 is 2.55 bits per heavy atom. The van der Waals surface area contributed by atoms with E-state index in [0.717, 1.165) is 12.8 Å². The van der Waals surface area contributed by atoms with Gasteiger partial charge in [-0.25, -0.2) is 0 Å². The van der Waals surface area contributed by atoms with Gasteiger partial charge in [0.25, 0.3) is 0 Å². The first-order valence-electron chi connectivity index (χ1n) is 7.40. The van der Waals surface area contributed by atoms with Gasteiger partial charge < -0.3 is 20.3 Å². The lowest BCUT2D eigenvalue weighted by Gasteiger charge is -2.29. The fraction of sp³-hybridized carbons (Fsp3) is 0.857. The van der Waals surface area contributed by atoms with Crippen molar-refractivity contribution in [3.05, 3.63) is 0 Å². The maximum atomic E-state index is 12.4. The van der Waals surface area contributed by atoms with Crippen LogP contribution in [0, 0.1) is 0 Å². The van der Waals surface area contributed by atoms with Crippen molar-refractivity contribution >= 4 is 11.8 Å². The highest BCUT2D eigenvalue weighted by Gasteiger charge is 2.36. The number of methoxy groups -OCH3 is 1. The molecule has 2 amide bonds. The van der Waals surface area contributed by atoms with Crippen LogP contribution >= 0.6 is 0 Å². The van der Waals surface area contributed by atoms with Crippen LogP contribution in [0.25, 0.3) is 0 Å². The Kier molecular flexibility index (Phi) is 6.95. The predicted octanol–water partition coefficient (Wildman–Crippen LogP) is 0.210. The van der Waals surface area contributed by atoms with Crippen molar-refractivity contribution in [2.24, 2.45) is 5.73 Å². The Hall–Kier alpha value is -1.14. The number of nitrogens with zero attached hydrogens (tertiary/aromatic N) is 2. The Balaban J connectivity index is 2.69. The van der Waals surface area contributed by atoms with Gasteiger partial charge in [-0.05, 0) is 26.7 Å². The first kappa shape index (κ1) is 16.9. The van der Waals surface area contributed by atoms with Gasteiger partial charge >= 0.3 is 0 Å². The van der Waals surface area contributed by atoms with Crippen molar-refractivity contribution in [3.63, 3.8) is 0 Å². The van der Waals surface area contributed by atoms with E-state index in [4.69, 9.17) is 10.5 Å². The summed E-state index contributed by atoms with van der Waals surface area (Å²) in [4.78, 5) is 28.2. The van der Waals surface area contributed by atoms with Crippen molar-refractivity contribution in [3.8, 4) is 0 Å². The molecule has 0 saturated carbocycles. The van der Waals surface area contributed by atoms with Crippen molar-refractivity contribution in [2.75, 3.05) is 33.3 Å². The van der Waals surface area contributed by atoms with Gasteiger partial charge in [0, 0.05) is 33.3 Å². The maximum absolute atomic E-state index is 12.4. The fourth-order valence-electron chi connectivity index (χ4n) is 2.64. The average Bonchev–Trinajstić information content (AvgIpc) is 2.95. The summed E-state index contributed by atoms with van der Waals surface area (Å²) >= 11 is 0. The number of amides is 2. The van der Waals surface area contributed by atoms with Crippen molar-refractivity contribution in [1.82, 2.24) is 9.80 Å². The number of carbonyl (C=O) groups is 2. The van der Waals surface area contributed by atoms with Gasteiger partial charge in [0.2, 0.25) is 11.8 Å². The molecule has 0 spiro atoms. The van der Waals surface area contributed by atoms with Crippen LogP contribution < -0.4 is 5.73 Å². The molecule has 1 aliphatic heterocycles. The van der Waals surface area contributed by atoms with E-state index in [9.17, 15) is 9.59 Å². The van der Waals surface area contributed by atoms with E-state index in [1.54, 1.807) is 16.9 Å². The summed E-state index contributed by atoms with van der Waals surface area (Å²) in [6.45, 7) is 6.23. The van der Waals surface area contributed by atoms with Crippen LogP contribution in [0.2, 0.25) is 0 Å². The second-order valence-electron chi connectivity index (χ2n) is 5.05. The zero-order valence-corrected chi connectivity index (χ0v) is 12.8. The SMILES string of the molecule is CCN(CC)C(=O)C1CCCN1C(=O)CC(CN)OC. The van der Waals surface area contributed by atoms with E-state index in [1.807, 2.05) is 13.8 Å². The van der Waals surface area contributed by atoms with Crippen LogP contribution in [-0.2, 0) is 14.3 Å². The molecule has 20 heavy (non-hydrogen) atoms. The molecule has 2 atom stereocenters. The van der Waals surface area contributed by atoms with E-state index < -0.39 is 0 Å². The van der Waals surface area contributed by atoms with Gasteiger partial charge in [0.15, 0.2) is 0 Å². The quantitative estimate of drug-likeness (QED) is 0.725. The highest BCUT2D eigenvalue weighted by molar-refractivity contribution is 5.88. The number of nitrogens with two attached hydrogens (primary N) is 1. The summed E-state index contributed by atoms with van der Waals surface area (Å²) in [5.41, 5.74) is 5.55. The summed E-state index contributed by atoms with van der Waals surface area (Å²) in [6.07, 6.45) is 1.60.